The Morgan fingerprint density at radius 1 is 1.17 bits per heavy atom. The lowest BCUT2D eigenvalue weighted by Gasteiger charge is -2.16. The number of amides is 1. The van der Waals surface area contributed by atoms with E-state index < -0.39 is 6.10 Å². The highest BCUT2D eigenvalue weighted by atomic mass is 35.5. The van der Waals surface area contributed by atoms with Crippen LogP contribution in [0.25, 0.3) is 0 Å². The van der Waals surface area contributed by atoms with Crippen molar-refractivity contribution in [2.75, 3.05) is 18.5 Å². The number of carbonyl (C=O) groups is 1. The highest BCUT2D eigenvalue weighted by Crippen LogP contribution is 2.32. The fourth-order valence-corrected chi connectivity index (χ4v) is 2.45. The van der Waals surface area contributed by atoms with Gasteiger partial charge in [-0.1, -0.05) is 23.7 Å². The van der Waals surface area contributed by atoms with E-state index in [1.165, 1.54) is 0 Å². The van der Waals surface area contributed by atoms with Crippen LogP contribution >= 0.6 is 11.6 Å². The zero-order chi connectivity index (χ0) is 16.9. The van der Waals surface area contributed by atoms with Gasteiger partial charge in [-0.3, -0.25) is 4.79 Å². The molecule has 1 atom stereocenters. The summed E-state index contributed by atoms with van der Waals surface area (Å²) in [6.45, 7) is 2.89. The normalized spacial score (nSPS) is 14.4. The molecule has 5 nitrogen and oxygen atoms in total. The molecule has 6 heteroatoms. The third kappa shape index (κ3) is 3.92. The second-order valence-electron chi connectivity index (χ2n) is 5.39. The lowest BCUT2D eigenvalue weighted by molar-refractivity contribution is -0.122. The first-order valence-electron chi connectivity index (χ1n) is 7.75. The maximum atomic E-state index is 12.3. The van der Waals surface area contributed by atoms with Crippen molar-refractivity contribution in [3.05, 3.63) is 47.5 Å². The molecule has 1 amide bonds. The summed E-state index contributed by atoms with van der Waals surface area (Å²) in [5.74, 6) is 1.51. The van der Waals surface area contributed by atoms with Crippen molar-refractivity contribution in [3.63, 3.8) is 0 Å². The van der Waals surface area contributed by atoms with Gasteiger partial charge in [0.2, 0.25) is 0 Å². The van der Waals surface area contributed by atoms with Crippen molar-refractivity contribution >= 4 is 23.2 Å². The average Bonchev–Trinajstić information content (AvgIpc) is 2.81. The zero-order valence-electron chi connectivity index (χ0n) is 13.3. The Labute approximate surface area is 145 Å². The number of anilines is 1. The number of hydrogen-bond donors (Lipinski definition) is 1. The van der Waals surface area contributed by atoms with Gasteiger partial charge in [0.1, 0.15) is 5.75 Å². The second-order valence-corrected chi connectivity index (χ2v) is 5.80. The van der Waals surface area contributed by atoms with E-state index in [0.717, 1.165) is 6.42 Å². The molecule has 0 spiro atoms. The van der Waals surface area contributed by atoms with Crippen LogP contribution in [0.3, 0.4) is 0 Å². The molecule has 1 aliphatic heterocycles. The van der Waals surface area contributed by atoms with E-state index in [2.05, 4.69) is 5.32 Å². The molecule has 1 N–H and O–H groups in total. The minimum absolute atomic E-state index is 0.274. The molecule has 2 aromatic carbocycles. The number of hydrogen-bond acceptors (Lipinski definition) is 4. The molecular weight excluding hydrogens is 330 g/mol. The molecule has 1 heterocycles. The van der Waals surface area contributed by atoms with E-state index in [-0.39, 0.29) is 5.91 Å². The van der Waals surface area contributed by atoms with Gasteiger partial charge in [0.15, 0.2) is 17.6 Å². The molecule has 3 rings (SSSR count). The Balaban J connectivity index is 1.66. The van der Waals surface area contributed by atoms with Crippen LogP contribution in [-0.2, 0) is 4.79 Å². The lowest BCUT2D eigenvalue weighted by Crippen LogP contribution is -2.30. The summed E-state index contributed by atoms with van der Waals surface area (Å²) in [5, 5.41) is 3.27. The summed E-state index contributed by atoms with van der Waals surface area (Å²) < 4.78 is 16.8. The van der Waals surface area contributed by atoms with E-state index in [1.54, 1.807) is 49.4 Å². The quantitative estimate of drug-likeness (QED) is 0.911. The minimum Gasteiger partial charge on any atom is -0.490 e. The number of halogens is 1. The first-order chi connectivity index (χ1) is 11.6. The van der Waals surface area contributed by atoms with Crippen molar-refractivity contribution in [1.29, 1.82) is 0 Å². The van der Waals surface area contributed by atoms with Crippen molar-refractivity contribution in [1.82, 2.24) is 0 Å². The third-order valence-electron chi connectivity index (χ3n) is 3.52. The summed E-state index contributed by atoms with van der Waals surface area (Å²) in [4.78, 5) is 12.3. The first-order valence-corrected chi connectivity index (χ1v) is 8.13. The Morgan fingerprint density at radius 2 is 1.92 bits per heavy atom. The molecule has 126 valence electrons. The van der Waals surface area contributed by atoms with Crippen molar-refractivity contribution in [2.45, 2.75) is 19.4 Å². The van der Waals surface area contributed by atoms with Crippen LogP contribution < -0.4 is 19.5 Å². The molecule has 24 heavy (non-hydrogen) atoms. The van der Waals surface area contributed by atoms with Gasteiger partial charge in [0, 0.05) is 18.2 Å². The van der Waals surface area contributed by atoms with Gasteiger partial charge in [-0.15, -0.1) is 0 Å². The van der Waals surface area contributed by atoms with Crippen molar-refractivity contribution in [2.24, 2.45) is 0 Å². The second kappa shape index (κ2) is 7.45. The highest BCUT2D eigenvalue weighted by Gasteiger charge is 2.17. The van der Waals surface area contributed by atoms with Crippen LogP contribution in [0.4, 0.5) is 5.69 Å². The molecule has 0 radical (unpaired) electrons. The van der Waals surface area contributed by atoms with Gasteiger partial charge in [0.05, 0.1) is 18.2 Å². The van der Waals surface area contributed by atoms with Crippen molar-refractivity contribution in [3.8, 4) is 17.2 Å². The fourth-order valence-electron chi connectivity index (χ4n) is 2.27. The van der Waals surface area contributed by atoms with Gasteiger partial charge in [-0.2, -0.15) is 0 Å². The number of rotatable bonds is 4. The number of para-hydroxylation sites is 1. The summed E-state index contributed by atoms with van der Waals surface area (Å²) in [5.41, 5.74) is 0.624. The number of carbonyl (C=O) groups excluding carboxylic acids is 1. The predicted octanol–water partition coefficient (Wildman–Crippen LogP) is 3.91. The number of nitrogens with one attached hydrogen (secondary N) is 1. The predicted molar refractivity (Wildman–Crippen MR) is 92.2 cm³/mol. The summed E-state index contributed by atoms with van der Waals surface area (Å²) in [6.07, 6.45) is 0.139. The van der Waals surface area contributed by atoms with E-state index in [4.69, 9.17) is 25.8 Å². The monoisotopic (exact) mass is 347 g/mol. The Morgan fingerprint density at radius 3 is 2.71 bits per heavy atom. The molecule has 0 aromatic heterocycles. The average molecular weight is 348 g/mol. The lowest BCUT2D eigenvalue weighted by atomic mass is 10.2. The molecule has 2 aromatic rings. The van der Waals surface area contributed by atoms with Crippen LogP contribution in [0.5, 0.6) is 17.2 Å². The fraction of sp³-hybridized carbons (Fsp3) is 0.278. The summed E-state index contributed by atoms with van der Waals surface area (Å²) in [7, 11) is 0. The Kier molecular flexibility index (Phi) is 5.11. The van der Waals surface area contributed by atoms with E-state index in [9.17, 15) is 4.79 Å². The first kappa shape index (κ1) is 16.5. The largest absolute Gasteiger partial charge is 0.490 e. The van der Waals surface area contributed by atoms with Gasteiger partial charge >= 0.3 is 0 Å². The summed E-state index contributed by atoms with van der Waals surface area (Å²) in [6, 6.07) is 12.3. The zero-order valence-corrected chi connectivity index (χ0v) is 14.0. The standard InChI is InChI=1S/C18H18ClNO4/c1-12(24-15-6-3-2-5-14(15)19)18(21)20-13-7-8-16-17(11-13)23-10-4-9-22-16/h2-3,5-8,11-12H,4,9-10H2,1H3,(H,20,21). The number of benzene rings is 2. The van der Waals surface area contributed by atoms with Gasteiger partial charge in [-0.05, 0) is 31.2 Å². The SMILES string of the molecule is CC(Oc1ccccc1Cl)C(=O)Nc1ccc2c(c1)OCCCO2. The van der Waals surface area contributed by atoms with E-state index >= 15 is 0 Å². The molecule has 1 aliphatic rings. The molecule has 0 saturated carbocycles. The van der Waals surface area contributed by atoms with Gasteiger partial charge in [-0.25, -0.2) is 0 Å². The molecule has 1 unspecified atom stereocenters. The van der Waals surface area contributed by atoms with Crippen LogP contribution in [0.2, 0.25) is 5.02 Å². The minimum atomic E-state index is -0.694. The highest BCUT2D eigenvalue weighted by molar-refractivity contribution is 6.32. The Bertz CT molecular complexity index is 735. The van der Waals surface area contributed by atoms with Gasteiger partial charge < -0.3 is 19.5 Å². The Hall–Kier alpha value is -2.40. The van der Waals surface area contributed by atoms with Crippen LogP contribution in [0.15, 0.2) is 42.5 Å². The molecule has 0 bridgehead atoms. The molecular formula is C18H18ClNO4. The molecule has 0 saturated heterocycles. The maximum absolute atomic E-state index is 12.3. The smallest absolute Gasteiger partial charge is 0.265 e. The number of ether oxygens (including phenoxy) is 3. The molecule has 0 aliphatic carbocycles. The van der Waals surface area contributed by atoms with Crippen LogP contribution in [-0.4, -0.2) is 25.2 Å². The van der Waals surface area contributed by atoms with E-state index in [1.807, 2.05) is 0 Å². The molecule has 0 fully saturated rings. The van der Waals surface area contributed by atoms with Gasteiger partial charge in [0.25, 0.3) is 5.91 Å². The van der Waals surface area contributed by atoms with Crippen molar-refractivity contribution < 1.29 is 19.0 Å². The maximum Gasteiger partial charge on any atom is 0.265 e. The van der Waals surface area contributed by atoms with E-state index in [0.29, 0.717) is 41.2 Å². The topological polar surface area (TPSA) is 56.8 Å². The van der Waals surface area contributed by atoms with Crippen LogP contribution in [0, 0.1) is 0 Å². The summed E-state index contributed by atoms with van der Waals surface area (Å²) >= 11 is 6.04. The van der Waals surface area contributed by atoms with Crippen LogP contribution in [0.1, 0.15) is 13.3 Å². The number of fused-ring (bicyclic) bond motifs is 1. The third-order valence-corrected chi connectivity index (χ3v) is 3.84.